The fourth-order valence-electron chi connectivity index (χ4n) is 2.30. The van der Waals surface area contributed by atoms with E-state index < -0.39 is 0 Å². The Bertz CT molecular complexity index is 129. The summed E-state index contributed by atoms with van der Waals surface area (Å²) in [4.78, 5) is 0. The molecule has 0 aliphatic carbocycles. The van der Waals surface area contributed by atoms with Crippen LogP contribution < -0.4 is 0 Å². The Morgan fingerprint density at radius 1 is 1.00 bits per heavy atom. The lowest BCUT2D eigenvalue weighted by atomic mass is 9.80. The van der Waals surface area contributed by atoms with Crippen molar-refractivity contribution in [1.29, 1.82) is 0 Å². The van der Waals surface area contributed by atoms with Crippen LogP contribution in [0.5, 0.6) is 0 Å². The summed E-state index contributed by atoms with van der Waals surface area (Å²) in [6.07, 6.45) is 0. The lowest BCUT2D eigenvalue weighted by molar-refractivity contribution is 0.257. The van der Waals surface area contributed by atoms with E-state index in [2.05, 4.69) is 41.8 Å². The second-order valence-electron chi connectivity index (χ2n) is 4.77. The molecule has 72 valence electrons. The highest BCUT2D eigenvalue weighted by atomic mass is 31.0. The van der Waals surface area contributed by atoms with Crippen LogP contribution in [0.1, 0.15) is 27.7 Å². The monoisotopic (exact) mass is 187 g/mol. The van der Waals surface area contributed by atoms with E-state index in [1.807, 2.05) is 0 Å². The highest BCUT2D eigenvalue weighted by Crippen LogP contribution is 2.35. The average Bonchev–Trinajstić information content (AvgIpc) is 2.31. The molecule has 3 unspecified atom stereocenters. The molecule has 3 atom stereocenters. The molecule has 1 aliphatic rings. The van der Waals surface area contributed by atoms with Crippen molar-refractivity contribution in [3.8, 4) is 0 Å². The molecule has 12 heavy (non-hydrogen) atoms. The maximum absolute atomic E-state index is 2.84. The molecule has 1 rings (SSSR count). The molecule has 1 nitrogen and oxygen atoms in total. The van der Waals surface area contributed by atoms with E-state index in [4.69, 9.17) is 0 Å². The predicted molar refractivity (Wildman–Crippen MR) is 57.9 cm³/mol. The molecule has 0 aromatic carbocycles. The molecule has 2 heteroatoms. The molecule has 1 heterocycles. The minimum Gasteiger partial charge on any atom is -0.287 e. The molecule has 0 saturated carbocycles. The van der Waals surface area contributed by atoms with Crippen molar-refractivity contribution in [3.63, 3.8) is 0 Å². The third kappa shape index (κ3) is 2.20. The summed E-state index contributed by atoms with van der Waals surface area (Å²) in [6.45, 7) is 11.9. The van der Waals surface area contributed by atoms with E-state index in [9.17, 15) is 0 Å². The van der Waals surface area contributed by atoms with Crippen molar-refractivity contribution >= 4 is 9.39 Å². The van der Waals surface area contributed by atoms with Crippen LogP contribution in [-0.4, -0.2) is 17.8 Å². The van der Waals surface area contributed by atoms with Gasteiger partial charge in [-0.3, -0.25) is 4.67 Å². The molecule has 0 N–H and O–H groups in total. The van der Waals surface area contributed by atoms with Gasteiger partial charge in [0.15, 0.2) is 0 Å². The normalized spacial score (nSPS) is 32.2. The molecular formula is C10H22NP. The van der Waals surface area contributed by atoms with Crippen molar-refractivity contribution in [3.05, 3.63) is 0 Å². The van der Waals surface area contributed by atoms with Crippen molar-refractivity contribution < 1.29 is 0 Å². The van der Waals surface area contributed by atoms with Crippen molar-refractivity contribution in [1.82, 2.24) is 4.67 Å². The van der Waals surface area contributed by atoms with Gasteiger partial charge in [0.1, 0.15) is 0 Å². The zero-order valence-electron chi connectivity index (χ0n) is 8.75. The fraction of sp³-hybridized carbons (Fsp3) is 1.00. The summed E-state index contributed by atoms with van der Waals surface area (Å²) in [5.41, 5.74) is 0. The van der Waals surface area contributed by atoms with Crippen molar-refractivity contribution in [2.45, 2.75) is 27.7 Å². The van der Waals surface area contributed by atoms with Gasteiger partial charge in [-0.15, -0.1) is 0 Å². The van der Waals surface area contributed by atoms with Gasteiger partial charge in [0.25, 0.3) is 0 Å². The van der Waals surface area contributed by atoms with E-state index in [1.54, 1.807) is 0 Å². The highest BCUT2D eigenvalue weighted by Gasteiger charge is 2.34. The molecule has 0 aromatic heterocycles. The Labute approximate surface area is 79.2 Å². The molecular weight excluding hydrogens is 165 g/mol. The molecule has 1 saturated heterocycles. The van der Waals surface area contributed by atoms with Crippen LogP contribution >= 0.6 is 9.39 Å². The van der Waals surface area contributed by atoms with Gasteiger partial charge in [0, 0.05) is 13.1 Å². The van der Waals surface area contributed by atoms with E-state index in [0.717, 1.165) is 23.7 Å². The lowest BCUT2D eigenvalue weighted by Gasteiger charge is -2.24. The summed E-state index contributed by atoms with van der Waals surface area (Å²) in [7, 11) is 2.84. The van der Waals surface area contributed by atoms with Gasteiger partial charge < -0.3 is 0 Å². The SMILES string of the molecule is CC(C)C1CN(P)CC1C(C)C. The summed E-state index contributed by atoms with van der Waals surface area (Å²) >= 11 is 0. The number of nitrogens with zero attached hydrogens (tertiary/aromatic N) is 1. The molecule has 1 fully saturated rings. The predicted octanol–water partition coefficient (Wildman–Crippen LogP) is 2.64. The van der Waals surface area contributed by atoms with Crippen molar-refractivity contribution in [2.75, 3.05) is 13.1 Å². The Hall–Kier alpha value is 0.390. The van der Waals surface area contributed by atoms with E-state index in [-0.39, 0.29) is 0 Å². The number of rotatable bonds is 2. The second kappa shape index (κ2) is 4.07. The van der Waals surface area contributed by atoms with Crippen LogP contribution in [0.4, 0.5) is 0 Å². The number of hydrogen-bond donors (Lipinski definition) is 0. The third-order valence-electron chi connectivity index (χ3n) is 3.15. The fourth-order valence-corrected chi connectivity index (χ4v) is 2.78. The minimum atomic E-state index is 0.836. The van der Waals surface area contributed by atoms with Gasteiger partial charge in [-0.1, -0.05) is 37.1 Å². The van der Waals surface area contributed by atoms with Gasteiger partial charge in [-0.2, -0.15) is 0 Å². The quantitative estimate of drug-likeness (QED) is 0.601. The van der Waals surface area contributed by atoms with Gasteiger partial charge in [0.2, 0.25) is 0 Å². The molecule has 0 radical (unpaired) electrons. The van der Waals surface area contributed by atoms with Gasteiger partial charge >= 0.3 is 0 Å². The Morgan fingerprint density at radius 2 is 1.33 bits per heavy atom. The third-order valence-corrected chi connectivity index (χ3v) is 3.57. The summed E-state index contributed by atoms with van der Waals surface area (Å²) in [5, 5.41) is 0. The van der Waals surface area contributed by atoms with Crippen LogP contribution in [0.3, 0.4) is 0 Å². The standard InChI is InChI=1S/C10H22NP/c1-7(2)9-5-11(12)6-10(9)8(3)4/h7-10H,5-6,12H2,1-4H3. The Morgan fingerprint density at radius 3 is 1.58 bits per heavy atom. The van der Waals surface area contributed by atoms with Gasteiger partial charge in [-0.05, 0) is 23.7 Å². The first-order valence-corrected chi connectivity index (χ1v) is 5.53. The topological polar surface area (TPSA) is 3.24 Å². The smallest absolute Gasteiger partial charge is 0.00503 e. The van der Waals surface area contributed by atoms with Crippen LogP contribution in [0.25, 0.3) is 0 Å². The molecule has 1 aliphatic heterocycles. The Kier molecular flexibility index (Phi) is 3.55. The Balaban J connectivity index is 2.59. The van der Waals surface area contributed by atoms with Crippen LogP contribution in [0, 0.1) is 23.7 Å². The van der Waals surface area contributed by atoms with Crippen LogP contribution in [-0.2, 0) is 0 Å². The molecule has 0 spiro atoms. The van der Waals surface area contributed by atoms with Gasteiger partial charge in [0.05, 0.1) is 0 Å². The maximum atomic E-state index is 2.84. The minimum absolute atomic E-state index is 0.836. The average molecular weight is 187 g/mol. The summed E-state index contributed by atoms with van der Waals surface area (Å²) in [6, 6.07) is 0. The van der Waals surface area contributed by atoms with E-state index in [1.165, 1.54) is 13.1 Å². The van der Waals surface area contributed by atoms with Crippen molar-refractivity contribution in [2.24, 2.45) is 23.7 Å². The van der Waals surface area contributed by atoms with Gasteiger partial charge in [-0.25, -0.2) is 0 Å². The molecule has 0 bridgehead atoms. The molecule has 0 amide bonds. The number of hydrogen-bond acceptors (Lipinski definition) is 1. The first-order valence-electron chi connectivity index (χ1n) is 5.02. The zero-order chi connectivity index (χ0) is 9.30. The van der Waals surface area contributed by atoms with E-state index >= 15 is 0 Å². The zero-order valence-corrected chi connectivity index (χ0v) is 9.90. The first kappa shape index (κ1) is 10.5. The lowest BCUT2D eigenvalue weighted by Crippen LogP contribution is -2.22. The van der Waals surface area contributed by atoms with E-state index in [0.29, 0.717) is 0 Å². The molecule has 0 aromatic rings. The largest absolute Gasteiger partial charge is 0.287 e. The summed E-state index contributed by atoms with van der Waals surface area (Å²) < 4.78 is 2.40. The van der Waals surface area contributed by atoms with Crippen LogP contribution in [0.15, 0.2) is 0 Å². The highest BCUT2D eigenvalue weighted by molar-refractivity contribution is 7.13. The second-order valence-corrected chi connectivity index (χ2v) is 5.50. The summed E-state index contributed by atoms with van der Waals surface area (Å²) in [5.74, 6) is 3.48. The maximum Gasteiger partial charge on any atom is 0.00503 e. The van der Waals surface area contributed by atoms with Crippen LogP contribution in [0.2, 0.25) is 0 Å². The first-order chi connectivity index (χ1) is 5.52.